The molecule has 1 aromatic carbocycles. The molecule has 0 amide bonds. The molecule has 0 radical (unpaired) electrons. The number of sulfone groups is 1. The van der Waals surface area contributed by atoms with Gasteiger partial charge >= 0.3 is 6.16 Å². The van der Waals surface area contributed by atoms with Crippen molar-refractivity contribution in [3.05, 3.63) is 29.5 Å². The number of hydrogen-bond acceptors (Lipinski definition) is 6. The van der Waals surface area contributed by atoms with Crippen molar-refractivity contribution in [2.24, 2.45) is 5.92 Å². The van der Waals surface area contributed by atoms with E-state index in [9.17, 15) is 13.2 Å². The number of benzene rings is 1. The molecule has 11 heteroatoms. The number of aromatic nitrogens is 4. The van der Waals surface area contributed by atoms with Gasteiger partial charge in [0.25, 0.3) is 0 Å². The zero-order chi connectivity index (χ0) is 20.6. The molecule has 29 heavy (non-hydrogen) atoms. The number of H-pyrrole nitrogens is 1. The summed E-state index contributed by atoms with van der Waals surface area (Å²) in [5, 5.41) is 12.8. The van der Waals surface area contributed by atoms with E-state index in [1.54, 1.807) is 0 Å². The Kier molecular flexibility index (Phi) is 5.22. The molecular formula is C18H19ClN4O5S. The number of ether oxygens (including phenoxy) is 1. The van der Waals surface area contributed by atoms with Gasteiger partial charge in [-0.2, -0.15) is 5.10 Å². The summed E-state index contributed by atoms with van der Waals surface area (Å²) in [5.41, 5.74) is 0.959. The van der Waals surface area contributed by atoms with Crippen molar-refractivity contribution >= 4 is 38.6 Å². The highest BCUT2D eigenvalue weighted by Crippen LogP contribution is 2.32. The van der Waals surface area contributed by atoms with Gasteiger partial charge in [-0.3, -0.25) is 0 Å². The number of fused-ring (bicyclic) bond motifs is 1. The molecule has 2 heterocycles. The van der Waals surface area contributed by atoms with Gasteiger partial charge in [0.1, 0.15) is 0 Å². The molecule has 0 aliphatic heterocycles. The number of nitrogens with one attached hydrogen (secondary N) is 1. The minimum absolute atomic E-state index is 0.0340. The Morgan fingerprint density at radius 3 is 2.79 bits per heavy atom. The van der Waals surface area contributed by atoms with Crippen molar-refractivity contribution in [3.63, 3.8) is 0 Å². The molecule has 1 aliphatic carbocycles. The second kappa shape index (κ2) is 7.68. The highest BCUT2D eigenvalue weighted by molar-refractivity contribution is 7.91. The van der Waals surface area contributed by atoms with E-state index in [2.05, 4.69) is 19.8 Å². The molecular weight excluding hydrogens is 420 g/mol. The SMILES string of the molecule is O=C(O)Oc1cnn(-c2nc3cc(S(=O)(=O)CC4CCCCC4)c(Cl)cc3[nH]2)c1. The van der Waals surface area contributed by atoms with Gasteiger partial charge in [0.05, 0.1) is 39.1 Å². The van der Waals surface area contributed by atoms with Gasteiger partial charge in [-0.1, -0.05) is 30.9 Å². The van der Waals surface area contributed by atoms with Gasteiger partial charge in [0, 0.05) is 0 Å². The monoisotopic (exact) mass is 438 g/mol. The van der Waals surface area contributed by atoms with E-state index in [0.717, 1.165) is 32.1 Å². The number of carboxylic acid groups (broad SMARTS) is 1. The van der Waals surface area contributed by atoms with Crippen LogP contribution in [0.15, 0.2) is 29.4 Å². The number of nitrogens with zero attached hydrogens (tertiary/aromatic N) is 3. The van der Waals surface area contributed by atoms with Gasteiger partial charge in [-0.15, -0.1) is 0 Å². The molecule has 0 atom stereocenters. The summed E-state index contributed by atoms with van der Waals surface area (Å²) < 4.78 is 31.7. The lowest BCUT2D eigenvalue weighted by molar-refractivity contribution is 0.144. The fourth-order valence-electron chi connectivity index (χ4n) is 3.67. The van der Waals surface area contributed by atoms with Crippen LogP contribution < -0.4 is 4.74 Å². The Morgan fingerprint density at radius 2 is 2.07 bits per heavy atom. The van der Waals surface area contributed by atoms with Crippen LogP contribution in [-0.4, -0.2) is 45.2 Å². The molecule has 0 saturated heterocycles. The van der Waals surface area contributed by atoms with Gasteiger partial charge in [-0.05, 0) is 30.9 Å². The summed E-state index contributed by atoms with van der Waals surface area (Å²) >= 11 is 6.29. The third-order valence-corrected chi connectivity index (χ3v) is 7.36. The van der Waals surface area contributed by atoms with E-state index in [-0.39, 0.29) is 33.3 Å². The number of halogens is 1. The topological polar surface area (TPSA) is 127 Å². The standard InChI is InChI=1S/C18H19ClN4O5S/c19-13-6-14-15(7-16(13)29(26,27)10-11-4-2-1-3-5-11)22-17(21-14)23-9-12(8-20-23)28-18(24)25/h6-9,11H,1-5,10H2,(H,21,22)(H,24,25). The molecule has 3 aromatic rings. The maximum atomic E-state index is 12.9. The maximum absolute atomic E-state index is 12.9. The molecule has 1 saturated carbocycles. The molecule has 0 spiro atoms. The lowest BCUT2D eigenvalue weighted by Crippen LogP contribution is -2.19. The Hall–Kier alpha value is -2.59. The first-order valence-corrected chi connectivity index (χ1v) is 11.2. The van der Waals surface area contributed by atoms with Crippen LogP contribution in [0, 0.1) is 5.92 Å². The average molecular weight is 439 g/mol. The number of rotatable bonds is 5. The zero-order valence-corrected chi connectivity index (χ0v) is 16.9. The lowest BCUT2D eigenvalue weighted by atomic mass is 9.91. The Bertz CT molecular complexity index is 1160. The van der Waals surface area contributed by atoms with Crippen molar-refractivity contribution in [1.29, 1.82) is 0 Å². The predicted octanol–water partition coefficient (Wildman–Crippen LogP) is 3.81. The van der Waals surface area contributed by atoms with Gasteiger partial charge in [0.15, 0.2) is 15.6 Å². The van der Waals surface area contributed by atoms with Crippen LogP contribution >= 0.6 is 11.6 Å². The van der Waals surface area contributed by atoms with Gasteiger partial charge < -0.3 is 14.8 Å². The summed E-state index contributed by atoms with van der Waals surface area (Å²) in [6.07, 6.45) is 6.25. The molecule has 0 bridgehead atoms. The van der Waals surface area contributed by atoms with Gasteiger partial charge in [0.2, 0.25) is 5.95 Å². The molecule has 1 aliphatic rings. The highest BCUT2D eigenvalue weighted by atomic mass is 35.5. The van der Waals surface area contributed by atoms with Crippen LogP contribution in [0.2, 0.25) is 5.02 Å². The first kappa shape index (κ1) is 19.7. The first-order chi connectivity index (χ1) is 13.8. The molecule has 0 unspecified atom stereocenters. The molecule has 9 nitrogen and oxygen atoms in total. The minimum Gasteiger partial charge on any atom is -0.449 e. The summed E-state index contributed by atoms with van der Waals surface area (Å²) in [5.74, 6) is 0.557. The Balaban J connectivity index is 1.64. The Morgan fingerprint density at radius 1 is 1.31 bits per heavy atom. The van der Waals surface area contributed by atoms with Crippen LogP contribution in [0.3, 0.4) is 0 Å². The van der Waals surface area contributed by atoms with Gasteiger partial charge in [-0.25, -0.2) is 22.9 Å². The van der Waals surface area contributed by atoms with E-state index in [1.807, 2.05) is 0 Å². The first-order valence-electron chi connectivity index (χ1n) is 9.20. The fraction of sp³-hybridized carbons (Fsp3) is 0.389. The van der Waals surface area contributed by atoms with Crippen molar-refractivity contribution < 1.29 is 23.1 Å². The van der Waals surface area contributed by atoms with Crippen molar-refractivity contribution in [1.82, 2.24) is 19.7 Å². The van der Waals surface area contributed by atoms with Crippen LogP contribution in [-0.2, 0) is 9.84 Å². The number of aromatic amines is 1. The van der Waals surface area contributed by atoms with Crippen LogP contribution in [0.1, 0.15) is 32.1 Å². The number of imidazole rings is 1. The number of carbonyl (C=O) groups is 1. The maximum Gasteiger partial charge on any atom is 0.511 e. The lowest BCUT2D eigenvalue weighted by Gasteiger charge is -2.21. The highest BCUT2D eigenvalue weighted by Gasteiger charge is 2.26. The molecule has 154 valence electrons. The van der Waals surface area contributed by atoms with Crippen molar-refractivity contribution in [2.75, 3.05) is 5.75 Å². The third-order valence-electron chi connectivity index (χ3n) is 5.02. The summed E-state index contributed by atoms with van der Waals surface area (Å²) in [6, 6.07) is 2.99. The zero-order valence-electron chi connectivity index (χ0n) is 15.3. The second-order valence-electron chi connectivity index (χ2n) is 7.13. The molecule has 2 aromatic heterocycles. The fourth-order valence-corrected chi connectivity index (χ4v) is 5.97. The van der Waals surface area contributed by atoms with Crippen LogP contribution in [0.4, 0.5) is 4.79 Å². The molecule has 4 rings (SSSR count). The summed E-state index contributed by atoms with van der Waals surface area (Å²) in [4.78, 5) is 18.0. The smallest absolute Gasteiger partial charge is 0.449 e. The second-order valence-corrected chi connectivity index (χ2v) is 9.54. The Labute approximate surface area is 171 Å². The van der Waals surface area contributed by atoms with Crippen molar-refractivity contribution in [3.8, 4) is 11.7 Å². The van der Waals surface area contributed by atoms with Crippen LogP contribution in [0.5, 0.6) is 5.75 Å². The van der Waals surface area contributed by atoms with E-state index < -0.39 is 16.0 Å². The molecule has 2 N–H and O–H groups in total. The normalized spacial score (nSPS) is 15.6. The van der Waals surface area contributed by atoms with Crippen LogP contribution in [0.25, 0.3) is 17.0 Å². The summed E-state index contributed by atoms with van der Waals surface area (Å²) in [7, 11) is -3.54. The third kappa shape index (κ3) is 4.23. The van der Waals surface area contributed by atoms with E-state index in [1.165, 1.54) is 29.2 Å². The summed E-state index contributed by atoms with van der Waals surface area (Å²) in [6.45, 7) is 0. The van der Waals surface area contributed by atoms with E-state index >= 15 is 0 Å². The number of hydrogen-bond donors (Lipinski definition) is 2. The molecule has 1 fully saturated rings. The van der Waals surface area contributed by atoms with E-state index in [0.29, 0.717) is 11.0 Å². The predicted molar refractivity (Wildman–Crippen MR) is 106 cm³/mol. The average Bonchev–Trinajstić information content (AvgIpc) is 3.27. The minimum atomic E-state index is -3.54. The largest absolute Gasteiger partial charge is 0.511 e. The van der Waals surface area contributed by atoms with E-state index in [4.69, 9.17) is 16.7 Å². The quantitative estimate of drug-likeness (QED) is 0.579. The van der Waals surface area contributed by atoms with Crippen molar-refractivity contribution in [2.45, 2.75) is 37.0 Å².